The Balaban J connectivity index is 2.93. The Morgan fingerprint density at radius 1 is 1.88 bits per heavy atom. The second-order valence-electron chi connectivity index (χ2n) is 0.940. The molecule has 0 aromatic rings. The number of hydrogen-bond donors (Lipinski definition) is 0. The van der Waals surface area contributed by atoms with Gasteiger partial charge in [-0.15, -0.1) is 0 Å². The number of isothiocyanates is 1. The van der Waals surface area contributed by atoms with Gasteiger partial charge in [-0.3, -0.25) is 4.79 Å². The third kappa shape index (κ3) is 5.27. The van der Waals surface area contributed by atoms with Crippen LogP contribution in [0.15, 0.2) is 4.99 Å². The normalized spacial score (nSPS) is 7.00. The molecule has 0 aliphatic heterocycles. The fourth-order valence-electron chi connectivity index (χ4n) is 0.192. The number of carbonyl (C=O) groups is 1. The molecular weight excluding hydrogens is 126 g/mol. The number of ether oxygens (including phenoxy) is 1. The molecule has 0 unspecified atom stereocenters. The Bertz CT molecular complexity index is 109. The van der Waals surface area contributed by atoms with Crippen molar-refractivity contribution in [3.63, 3.8) is 0 Å². The van der Waals surface area contributed by atoms with Gasteiger partial charge in [0.05, 0.1) is 11.7 Å². The number of nitrogens with zero attached hydrogens (tertiary/aromatic N) is 1. The van der Waals surface area contributed by atoms with Crippen LogP contribution in [0, 0.1) is 0 Å². The average Bonchev–Trinajstić information content (AvgIpc) is 1.81. The van der Waals surface area contributed by atoms with Gasteiger partial charge in [0.15, 0.2) is 0 Å². The maximum Gasteiger partial charge on any atom is 0.293 e. The van der Waals surface area contributed by atoms with Gasteiger partial charge in [0.1, 0.15) is 6.61 Å². The molecule has 0 spiro atoms. The summed E-state index contributed by atoms with van der Waals surface area (Å²) in [6.45, 7) is 1.06. The molecule has 4 heteroatoms. The standard InChI is InChI=1S/C4H5NO2S/c6-4-7-2-1-5-3-8/h4H,1-2H2. The highest BCUT2D eigenvalue weighted by atomic mass is 32.1. The molecule has 3 nitrogen and oxygen atoms in total. The first-order valence-electron chi connectivity index (χ1n) is 2.00. The Labute approximate surface area is 52.4 Å². The van der Waals surface area contributed by atoms with Gasteiger partial charge in [-0.1, -0.05) is 0 Å². The first kappa shape index (κ1) is 7.27. The van der Waals surface area contributed by atoms with Gasteiger partial charge < -0.3 is 4.74 Å². The Morgan fingerprint density at radius 3 is 3.12 bits per heavy atom. The van der Waals surface area contributed by atoms with E-state index in [1.165, 1.54) is 0 Å². The van der Waals surface area contributed by atoms with Crippen LogP contribution in [0.1, 0.15) is 0 Å². The summed E-state index contributed by atoms with van der Waals surface area (Å²) in [6, 6.07) is 0. The van der Waals surface area contributed by atoms with Crippen LogP contribution in [0.4, 0.5) is 0 Å². The largest absolute Gasteiger partial charge is 0.466 e. The van der Waals surface area contributed by atoms with Crippen LogP contribution in [0.5, 0.6) is 0 Å². The molecule has 0 fully saturated rings. The molecule has 0 aromatic carbocycles. The summed E-state index contributed by atoms with van der Waals surface area (Å²) in [6.07, 6.45) is 0. The summed E-state index contributed by atoms with van der Waals surface area (Å²) >= 11 is 4.24. The molecule has 0 aromatic heterocycles. The number of aliphatic imine (C=N–C) groups is 1. The average molecular weight is 131 g/mol. The van der Waals surface area contributed by atoms with Gasteiger partial charge in [-0.05, 0) is 12.2 Å². The van der Waals surface area contributed by atoms with E-state index in [0.29, 0.717) is 13.0 Å². The summed E-state index contributed by atoms with van der Waals surface area (Å²) < 4.78 is 4.27. The Morgan fingerprint density at radius 2 is 2.62 bits per heavy atom. The predicted octanol–water partition coefficient (Wildman–Crippen LogP) is 0.262. The number of thiocarbonyl (C=S) groups is 1. The molecule has 0 rings (SSSR count). The zero-order valence-electron chi connectivity index (χ0n) is 4.16. The molecule has 44 valence electrons. The molecular formula is C4H5NO2S. The summed E-state index contributed by atoms with van der Waals surface area (Å²) in [4.78, 5) is 12.9. The fraction of sp³-hybridized carbons (Fsp3) is 0.500. The van der Waals surface area contributed by atoms with E-state index in [1.54, 1.807) is 0 Å². The van der Waals surface area contributed by atoms with Crippen molar-refractivity contribution in [3.8, 4) is 0 Å². The van der Waals surface area contributed by atoms with Crippen LogP contribution in [0.3, 0.4) is 0 Å². The molecule has 0 aliphatic carbocycles. The first-order valence-corrected chi connectivity index (χ1v) is 2.41. The minimum Gasteiger partial charge on any atom is -0.466 e. The van der Waals surface area contributed by atoms with Crippen LogP contribution >= 0.6 is 12.2 Å². The van der Waals surface area contributed by atoms with Crippen molar-refractivity contribution >= 4 is 23.9 Å². The van der Waals surface area contributed by atoms with Crippen LogP contribution in [0.25, 0.3) is 0 Å². The van der Waals surface area contributed by atoms with E-state index in [1.807, 2.05) is 0 Å². The molecule has 0 aliphatic rings. The van der Waals surface area contributed by atoms with Gasteiger partial charge in [0.2, 0.25) is 0 Å². The Hall–Kier alpha value is -0.730. The van der Waals surface area contributed by atoms with Crippen molar-refractivity contribution in [1.82, 2.24) is 0 Å². The van der Waals surface area contributed by atoms with Gasteiger partial charge >= 0.3 is 0 Å². The third-order valence-corrected chi connectivity index (χ3v) is 0.583. The lowest BCUT2D eigenvalue weighted by Gasteiger charge is -1.87. The van der Waals surface area contributed by atoms with E-state index < -0.39 is 0 Å². The molecule has 0 N–H and O–H groups in total. The summed E-state index contributed by atoms with van der Waals surface area (Å²) in [5.74, 6) is 0. The minimum absolute atomic E-state index is 0.285. The van der Waals surface area contributed by atoms with Gasteiger partial charge in [-0.2, -0.15) is 0 Å². The van der Waals surface area contributed by atoms with Crippen molar-refractivity contribution in [3.05, 3.63) is 0 Å². The topological polar surface area (TPSA) is 38.7 Å². The predicted molar refractivity (Wildman–Crippen MR) is 31.9 cm³/mol. The van der Waals surface area contributed by atoms with Crippen LogP contribution < -0.4 is 0 Å². The van der Waals surface area contributed by atoms with E-state index in [0.717, 1.165) is 0 Å². The second-order valence-corrected chi connectivity index (χ2v) is 1.12. The van der Waals surface area contributed by atoms with Crippen LogP contribution in [0.2, 0.25) is 0 Å². The highest BCUT2D eigenvalue weighted by Gasteiger charge is 1.76. The molecule has 0 bridgehead atoms. The SMILES string of the molecule is O=COCCN=C=S. The van der Waals surface area contributed by atoms with E-state index >= 15 is 0 Å². The summed E-state index contributed by atoms with van der Waals surface area (Å²) in [5.41, 5.74) is 0. The third-order valence-electron chi connectivity index (χ3n) is 0.454. The fourth-order valence-corrected chi connectivity index (χ4v) is 0.283. The highest BCUT2D eigenvalue weighted by Crippen LogP contribution is 1.67. The molecule has 0 atom stereocenters. The van der Waals surface area contributed by atoms with Gasteiger partial charge in [0.25, 0.3) is 6.47 Å². The van der Waals surface area contributed by atoms with Gasteiger partial charge in [-0.25, -0.2) is 4.99 Å². The molecule has 0 amide bonds. The quantitative estimate of drug-likeness (QED) is 0.238. The lowest BCUT2D eigenvalue weighted by atomic mass is 10.7. The monoisotopic (exact) mass is 131 g/mol. The summed E-state index contributed by atoms with van der Waals surface area (Å²) in [7, 11) is 0. The zero-order valence-corrected chi connectivity index (χ0v) is 4.98. The number of carbonyl (C=O) groups excluding carboxylic acids is 1. The second kappa shape index (κ2) is 6.27. The smallest absolute Gasteiger partial charge is 0.293 e. The molecule has 0 saturated carbocycles. The number of hydrogen-bond acceptors (Lipinski definition) is 4. The summed E-state index contributed by atoms with van der Waals surface area (Å²) in [5, 5.41) is 2.14. The molecule has 0 radical (unpaired) electrons. The lowest BCUT2D eigenvalue weighted by Crippen LogP contribution is -1.93. The maximum absolute atomic E-state index is 9.46. The van der Waals surface area contributed by atoms with Crippen molar-refractivity contribution < 1.29 is 9.53 Å². The van der Waals surface area contributed by atoms with E-state index in [2.05, 4.69) is 27.1 Å². The lowest BCUT2D eigenvalue weighted by molar-refractivity contribution is -0.128. The van der Waals surface area contributed by atoms with E-state index in [-0.39, 0.29) is 6.61 Å². The first-order chi connectivity index (χ1) is 3.91. The number of rotatable bonds is 4. The van der Waals surface area contributed by atoms with Crippen molar-refractivity contribution in [1.29, 1.82) is 0 Å². The minimum atomic E-state index is 0.285. The van der Waals surface area contributed by atoms with E-state index in [9.17, 15) is 4.79 Å². The molecule has 0 saturated heterocycles. The zero-order chi connectivity index (χ0) is 6.24. The molecule has 8 heavy (non-hydrogen) atoms. The maximum atomic E-state index is 9.46. The van der Waals surface area contributed by atoms with Crippen molar-refractivity contribution in [2.24, 2.45) is 4.99 Å². The molecule has 0 heterocycles. The van der Waals surface area contributed by atoms with Gasteiger partial charge in [0, 0.05) is 0 Å². The van der Waals surface area contributed by atoms with Crippen molar-refractivity contribution in [2.75, 3.05) is 13.2 Å². The van der Waals surface area contributed by atoms with Crippen molar-refractivity contribution in [2.45, 2.75) is 0 Å². The van der Waals surface area contributed by atoms with Crippen LogP contribution in [-0.2, 0) is 9.53 Å². The highest BCUT2D eigenvalue weighted by molar-refractivity contribution is 7.78. The van der Waals surface area contributed by atoms with E-state index in [4.69, 9.17) is 0 Å². The Kier molecular flexibility index (Phi) is 5.70. The van der Waals surface area contributed by atoms with Crippen LogP contribution in [-0.4, -0.2) is 24.8 Å².